The van der Waals surface area contributed by atoms with Gasteiger partial charge in [-0.15, -0.1) is 0 Å². The number of pyridine rings is 1. The fraction of sp³-hybridized carbons (Fsp3) is 0.250. The molecule has 1 aromatic heterocycles. The molecule has 25 heavy (non-hydrogen) atoms. The van der Waals surface area contributed by atoms with Crippen molar-refractivity contribution in [2.45, 2.75) is 19.4 Å². The highest BCUT2D eigenvalue weighted by Crippen LogP contribution is 2.40. The molecule has 0 aliphatic carbocycles. The molecule has 0 fully saturated rings. The first-order valence-electron chi connectivity index (χ1n) is 8.21. The topological polar surface area (TPSA) is 61.8 Å². The van der Waals surface area contributed by atoms with E-state index in [1.807, 2.05) is 45.2 Å². The summed E-state index contributed by atoms with van der Waals surface area (Å²) in [5.74, 6) is 7.28. The Morgan fingerprint density at radius 1 is 1.24 bits per heavy atom. The zero-order valence-corrected chi connectivity index (χ0v) is 14.8. The number of benzene rings is 2. The van der Waals surface area contributed by atoms with Crippen molar-refractivity contribution in [1.82, 2.24) is 4.57 Å². The van der Waals surface area contributed by atoms with E-state index in [1.165, 1.54) is 0 Å². The minimum atomic E-state index is -0.359. The molecule has 1 aliphatic rings. The molecule has 2 aromatic carbocycles. The second-order valence-electron chi connectivity index (χ2n) is 6.81. The quantitative estimate of drug-likeness (QED) is 0.422. The monoisotopic (exact) mass is 335 g/mol. The fourth-order valence-corrected chi connectivity index (χ4v) is 3.58. The van der Waals surface area contributed by atoms with E-state index in [0.29, 0.717) is 5.75 Å². The molecule has 0 bridgehead atoms. The lowest BCUT2D eigenvalue weighted by Gasteiger charge is -2.29. The normalized spacial score (nSPS) is 16.1. The molecule has 5 heteroatoms. The van der Waals surface area contributed by atoms with Crippen molar-refractivity contribution in [1.29, 1.82) is 0 Å². The highest BCUT2D eigenvalue weighted by molar-refractivity contribution is 6.02. The van der Waals surface area contributed by atoms with Crippen molar-refractivity contribution < 1.29 is 9.47 Å². The number of rotatable bonds is 1. The molecule has 128 valence electrons. The van der Waals surface area contributed by atoms with Crippen LogP contribution in [0, 0.1) is 0 Å². The molecule has 4 rings (SSSR count). The van der Waals surface area contributed by atoms with E-state index in [4.69, 9.17) is 15.3 Å². The first-order chi connectivity index (χ1) is 12.0. The molecular formula is C20H21N3O2. The zero-order valence-electron chi connectivity index (χ0n) is 14.8. The van der Waals surface area contributed by atoms with Crippen LogP contribution in [0.1, 0.15) is 19.4 Å². The number of ether oxygens (including phenoxy) is 2. The molecule has 2 N–H and O–H groups in total. The number of nitrogens with two attached hydrogens (primary N) is 1. The summed E-state index contributed by atoms with van der Waals surface area (Å²) < 4.78 is 14.0. The predicted molar refractivity (Wildman–Crippen MR) is 100 cm³/mol. The van der Waals surface area contributed by atoms with Crippen LogP contribution in [0.4, 0.5) is 0 Å². The maximum absolute atomic E-state index is 6.17. The minimum Gasteiger partial charge on any atom is -0.496 e. The van der Waals surface area contributed by atoms with Crippen LogP contribution in [0.15, 0.2) is 41.5 Å². The van der Waals surface area contributed by atoms with Gasteiger partial charge in [-0.25, -0.2) is 0 Å². The molecule has 0 atom stereocenters. The highest BCUT2D eigenvalue weighted by Gasteiger charge is 2.26. The van der Waals surface area contributed by atoms with Crippen molar-refractivity contribution in [3.05, 3.63) is 47.3 Å². The molecule has 0 radical (unpaired) electrons. The van der Waals surface area contributed by atoms with Crippen LogP contribution in [0.3, 0.4) is 0 Å². The summed E-state index contributed by atoms with van der Waals surface area (Å²) in [4.78, 5) is 0. The van der Waals surface area contributed by atoms with E-state index < -0.39 is 0 Å². The van der Waals surface area contributed by atoms with E-state index in [0.717, 1.165) is 38.5 Å². The van der Waals surface area contributed by atoms with Crippen molar-refractivity contribution in [2.24, 2.45) is 18.0 Å². The smallest absolute Gasteiger partial charge is 0.134 e. The van der Waals surface area contributed by atoms with Gasteiger partial charge in [0.15, 0.2) is 0 Å². The van der Waals surface area contributed by atoms with Gasteiger partial charge in [-0.2, -0.15) is 5.10 Å². The summed E-state index contributed by atoms with van der Waals surface area (Å²) in [5, 5.41) is 6.69. The standard InChI is InChI=1S/C20H21N3O2/c1-20(2)10-9-13-15(25-20)11-16(24-4)17-18(22-21)12-7-5-6-8-14(12)23(3)19(13)17/h5-11H,21H2,1-4H3. The van der Waals surface area contributed by atoms with Crippen LogP contribution in [-0.4, -0.2) is 17.3 Å². The van der Waals surface area contributed by atoms with Crippen molar-refractivity contribution >= 4 is 27.9 Å². The lowest BCUT2D eigenvalue weighted by Crippen LogP contribution is -2.28. The third-order valence-corrected chi connectivity index (χ3v) is 4.73. The molecule has 5 nitrogen and oxygen atoms in total. The molecule has 0 saturated heterocycles. The first kappa shape index (κ1) is 15.6. The number of para-hydroxylation sites is 1. The first-order valence-corrected chi connectivity index (χ1v) is 8.21. The highest BCUT2D eigenvalue weighted by atomic mass is 16.5. The van der Waals surface area contributed by atoms with E-state index in [-0.39, 0.29) is 5.60 Å². The van der Waals surface area contributed by atoms with Crippen LogP contribution in [0.5, 0.6) is 11.5 Å². The van der Waals surface area contributed by atoms with Gasteiger partial charge in [0.1, 0.15) is 22.5 Å². The largest absolute Gasteiger partial charge is 0.496 e. The Bertz CT molecular complexity index is 1110. The maximum Gasteiger partial charge on any atom is 0.134 e. The van der Waals surface area contributed by atoms with Gasteiger partial charge in [0, 0.05) is 24.1 Å². The molecule has 1 aliphatic heterocycles. The Balaban J connectivity index is 2.30. The molecule has 0 unspecified atom stereocenters. The van der Waals surface area contributed by atoms with Crippen LogP contribution in [0.2, 0.25) is 0 Å². The van der Waals surface area contributed by atoms with Gasteiger partial charge in [0.05, 0.1) is 23.5 Å². The minimum absolute atomic E-state index is 0.359. The van der Waals surface area contributed by atoms with Gasteiger partial charge in [0.25, 0.3) is 0 Å². The van der Waals surface area contributed by atoms with Crippen molar-refractivity contribution in [2.75, 3.05) is 7.11 Å². The molecule has 0 saturated carbocycles. The van der Waals surface area contributed by atoms with Gasteiger partial charge in [0.2, 0.25) is 0 Å². The zero-order chi connectivity index (χ0) is 17.8. The lowest BCUT2D eigenvalue weighted by molar-refractivity contribution is 0.159. The van der Waals surface area contributed by atoms with E-state index in [1.54, 1.807) is 7.11 Å². The van der Waals surface area contributed by atoms with Gasteiger partial charge in [-0.3, -0.25) is 0 Å². The lowest BCUT2D eigenvalue weighted by atomic mass is 9.98. The number of hydrogen-bond acceptors (Lipinski definition) is 4. The van der Waals surface area contributed by atoms with Gasteiger partial charge < -0.3 is 19.9 Å². The molecular weight excluding hydrogens is 314 g/mol. The summed E-state index contributed by atoms with van der Waals surface area (Å²) in [6, 6.07) is 10.0. The SMILES string of the molecule is COc1cc2c(c3c1c(=NN)c1ccccc1n3C)C=CC(C)(C)O2. The Labute approximate surface area is 146 Å². The second kappa shape index (κ2) is 5.28. The number of nitrogens with zero attached hydrogens (tertiary/aromatic N) is 2. The van der Waals surface area contributed by atoms with Crippen LogP contribution in [-0.2, 0) is 7.05 Å². The summed E-state index contributed by atoms with van der Waals surface area (Å²) >= 11 is 0. The van der Waals surface area contributed by atoms with Crippen molar-refractivity contribution in [3.8, 4) is 11.5 Å². The summed E-state index contributed by atoms with van der Waals surface area (Å²) in [7, 11) is 3.69. The number of hydrogen-bond donors (Lipinski definition) is 1. The van der Waals surface area contributed by atoms with E-state index >= 15 is 0 Å². The third kappa shape index (κ3) is 2.19. The number of aromatic nitrogens is 1. The summed E-state index contributed by atoms with van der Waals surface area (Å²) in [5.41, 5.74) is 2.69. The number of methoxy groups -OCH3 is 1. The van der Waals surface area contributed by atoms with E-state index in [2.05, 4.69) is 27.9 Å². The predicted octanol–water partition coefficient (Wildman–Crippen LogP) is 3.30. The number of aryl methyl sites for hydroxylation is 1. The molecule has 2 heterocycles. The Morgan fingerprint density at radius 2 is 2.00 bits per heavy atom. The van der Waals surface area contributed by atoms with Crippen LogP contribution in [0.25, 0.3) is 27.9 Å². The Kier molecular flexibility index (Phi) is 3.29. The Morgan fingerprint density at radius 3 is 2.72 bits per heavy atom. The average Bonchev–Trinajstić information content (AvgIpc) is 2.60. The summed E-state index contributed by atoms with van der Waals surface area (Å²) in [6.45, 7) is 4.06. The van der Waals surface area contributed by atoms with E-state index in [9.17, 15) is 0 Å². The van der Waals surface area contributed by atoms with Gasteiger partial charge in [-0.1, -0.05) is 18.2 Å². The number of fused-ring (bicyclic) bond motifs is 4. The van der Waals surface area contributed by atoms with Gasteiger partial charge >= 0.3 is 0 Å². The average molecular weight is 335 g/mol. The summed E-state index contributed by atoms with van der Waals surface area (Å²) in [6.07, 6.45) is 4.17. The Hall–Kier alpha value is -2.95. The molecule has 0 amide bonds. The van der Waals surface area contributed by atoms with Gasteiger partial charge in [-0.05, 0) is 32.1 Å². The van der Waals surface area contributed by atoms with Crippen molar-refractivity contribution in [3.63, 3.8) is 0 Å². The maximum atomic E-state index is 6.17. The van der Waals surface area contributed by atoms with Crippen LogP contribution < -0.4 is 20.7 Å². The third-order valence-electron chi connectivity index (χ3n) is 4.73. The molecule has 0 spiro atoms. The second-order valence-corrected chi connectivity index (χ2v) is 6.81. The molecule has 3 aromatic rings. The fourth-order valence-electron chi connectivity index (χ4n) is 3.58. The van der Waals surface area contributed by atoms with Crippen LogP contribution >= 0.6 is 0 Å².